The van der Waals surface area contributed by atoms with Gasteiger partial charge in [0.1, 0.15) is 5.82 Å². The van der Waals surface area contributed by atoms with Crippen molar-refractivity contribution in [2.75, 3.05) is 13.1 Å². The second-order valence-electron chi connectivity index (χ2n) is 7.91. The van der Waals surface area contributed by atoms with Crippen LogP contribution < -0.4 is 5.32 Å². The fourth-order valence-electron chi connectivity index (χ4n) is 4.85. The zero-order valence-corrected chi connectivity index (χ0v) is 14.8. The molecule has 4 rings (SSSR count). The Kier molecular flexibility index (Phi) is 4.48. The number of fused-ring (bicyclic) bond motifs is 1. The molecule has 3 aliphatic rings. The number of H-pyrrole nitrogens is 1. The van der Waals surface area contributed by atoms with Crippen molar-refractivity contribution in [1.29, 1.82) is 0 Å². The molecule has 3 unspecified atom stereocenters. The molecule has 2 amide bonds. The maximum atomic E-state index is 12.5. The fourth-order valence-corrected chi connectivity index (χ4v) is 4.85. The van der Waals surface area contributed by atoms with Crippen LogP contribution in [0.3, 0.4) is 0 Å². The minimum Gasteiger partial charge on any atom is -0.353 e. The lowest BCUT2D eigenvalue weighted by atomic mass is 9.97. The van der Waals surface area contributed by atoms with Crippen LogP contribution in [0, 0.1) is 24.7 Å². The number of nitrogens with zero attached hydrogens (tertiary/aromatic N) is 3. The van der Waals surface area contributed by atoms with Gasteiger partial charge in [-0.25, -0.2) is 4.98 Å². The van der Waals surface area contributed by atoms with Gasteiger partial charge in [0.05, 0.1) is 6.42 Å². The van der Waals surface area contributed by atoms with Crippen LogP contribution in [-0.4, -0.2) is 51.0 Å². The van der Waals surface area contributed by atoms with Gasteiger partial charge in [0.15, 0.2) is 5.82 Å². The number of aryl methyl sites for hydroxylation is 1. The van der Waals surface area contributed by atoms with Crippen LogP contribution in [0.2, 0.25) is 0 Å². The van der Waals surface area contributed by atoms with E-state index < -0.39 is 0 Å². The Balaban J connectivity index is 1.32. The maximum absolute atomic E-state index is 12.5. The Labute approximate surface area is 148 Å². The van der Waals surface area contributed by atoms with Gasteiger partial charge in [0.25, 0.3) is 0 Å². The Morgan fingerprint density at radius 2 is 2.00 bits per heavy atom. The minimum atomic E-state index is 0.0919. The van der Waals surface area contributed by atoms with Crippen LogP contribution in [0.4, 0.5) is 0 Å². The molecule has 25 heavy (non-hydrogen) atoms. The number of likely N-dealkylation sites (tertiary alicyclic amines) is 1. The van der Waals surface area contributed by atoms with Crippen LogP contribution >= 0.6 is 0 Å². The summed E-state index contributed by atoms with van der Waals surface area (Å²) in [5.74, 6) is 2.77. The Bertz CT molecular complexity index is 652. The number of hydrogen-bond acceptors (Lipinski definition) is 4. The highest BCUT2D eigenvalue weighted by atomic mass is 16.2. The summed E-state index contributed by atoms with van der Waals surface area (Å²) in [6, 6.07) is 0.238. The maximum Gasteiger partial charge on any atom is 0.230 e. The molecular formula is C18H27N5O2. The van der Waals surface area contributed by atoms with Gasteiger partial charge in [-0.2, -0.15) is 5.10 Å². The summed E-state index contributed by atoms with van der Waals surface area (Å²) in [6.45, 7) is 3.39. The molecule has 0 aromatic carbocycles. The van der Waals surface area contributed by atoms with Gasteiger partial charge in [-0.15, -0.1) is 0 Å². The zero-order chi connectivity index (χ0) is 17.4. The van der Waals surface area contributed by atoms with E-state index in [9.17, 15) is 9.59 Å². The second kappa shape index (κ2) is 6.77. The summed E-state index contributed by atoms with van der Waals surface area (Å²) in [5, 5.41) is 10.1. The minimum absolute atomic E-state index is 0.0919. The van der Waals surface area contributed by atoms with Gasteiger partial charge in [-0.1, -0.05) is 12.8 Å². The normalized spacial score (nSPS) is 29.2. The van der Waals surface area contributed by atoms with E-state index in [-0.39, 0.29) is 30.2 Å². The van der Waals surface area contributed by atoms with Crippen LogP contribution in [-0.2, 0) is 16.0 Å². The number of aromatic amines is 1. The molecule has 136 valence electrons. The van der Waals surface area contributed by atoms with Crippen molar-refractivity contribution in [1.82, 2.24) is 25.4 Å². The van der Waals surface area contributed by atoms with Crippen molar-refractivity contribution in [2.24, 2.45) is 17.8 Å². The molecule has 2 heterocycles. The summed E-state index contributed by atoms with van der Waals surface area (Å²) in [6.07, 6.45) is 6.83. The van der Waals surface area contributed by atoms with Gasteiger partial charge in [-0.3, -0.25) is 14.7 Å². The van der Waals surface area contributed by atoms with E-state index in [1.807, 2.05) is 11.8 Å². The summed E-state index contributed by atoms with van der Waals surface area (Å²) in [4.78, 5) is 31.1. The first-order valence-corrected chi connectivity index (χ1v) is 9.56. The zero-order valence-electron chi connectivity index (χ0n) is 14.8. The number of hydrogen-bond donors (Lipinski definition) is 2. The average Bonchev–Trinajstić information content (AvgIpc) is 3.33. The van der Waals surface area contributed by atoms with E-state index in [1.54, 1.807) is 0 Å². The van der Waals surface area contributed by atoms with Gasteiger partial charge in [0.2, 0.25) is 11.8 Å². The molecule has 7 heteroatoms. The first-order valence-electron chi connectivity index (χ1n) is 9.56. The standard InChI is InChI=1S/C18H27N5O2/c1-11-19-16(22-21-11)8-17(24)23-9-13-6-7-15(14(13)10-23)20-18(25)12-4-2-3-5-12/h12-15H,2-10H2,1H3,(H,20,25)(H,19,21,22). The van der Waals surface area contributed by atoms with Gasteiger partial charge in [0, 0.05) is 31.0 Å². The molecule has 1 aromatic rings. The summed E-state index contributed by atoms with van der Waals surface area (Å²) >= 11 is 0. The number of amides is 2. The van der Waals surface area contributed by atoms with Crippen LogP contribution in [0.25, 0.3) is 0 Å². The largest absolute Gasteiger partial charge is 0.353 e. The topological polar surface area (TPSA) is 91.0 Å². The predicted octanol–water partition coefficient (Wildman–Crippen LogP) is 1.20. The molecular weight excluding hydrogens is 318 g/mol. The summed E-state index contributed by atoms with van der Waals surface area (Å²) in [5.41, 5.74) is 0. The third kappa shape index (κ3) is 3.41. The van der Waals surface area contributed by atoms with E-state index in [0.717, 1.165) is 44.6 Å². The molecule has 1 aliphatic heterocycles. The van der Waals surface area contributed by atoms with Crippen molar-refractivity contribution in [3.05, 3.63) is 11.6 Å². The number of nitrogens with one attached hydrogen (secondary N) is 2. The first-order chi connectivity index (χ1) is 12.1. The molecule has 0 radical (unpaired) electrons. The van der Waals surface area contributed by atoms with E-state index in [2.05, 4.69) is 20.5 Å². The van der Waals surface area contributed by atoms with Crippen molar-refractivity contribution in [3.63, 3.8) is 0 Å². The van der Waals surface area contributed by atoms with E-state index in [4.69, 9.17) is 0 Å². The quantitative estimate of drug-likeness (QED) is 0.858. The van der Waals surface area contributed by atoms with Crippen molar-refractivity contribution in [2.45, 2.75) is 57.9 Å². The number of aromatic nitrogens is 3. The smallest absolute Gasteiger partial charge is 0.230 e. The van der Waals surface area contributed by atoms with Gasteiger partial charge < -0.3 is 10.2 Å². The van der Waals surface area contributed by atoms with E-state index >= 15 is 0 Å². The van der Waals surface area contributed by atoms with Gasteiger partial charge in [-0.05, 0) is 38.5 Å². The third-order valence-corrected chi connectivity index (χ3v) is 6.22. The Hall–Kier alpha value is -1.92. The third-order valence-electron chi connectivity index (χ3n) is 6.22. The first kappa shape index (κ1) is 16.5. The molecule has 7 nitrogen and oxygen atoms in total. The molecule has 0 bridgehead atoms. The van der Waals surface area contributed by atoms with Gasteiger partial charge >= 0.3 is 0 Å². The lowest BCUT2D eigenvalue weighted by molar-refractivity contribution is -0.129. The number of carbonyl (C=O) groups is 2. The Morgan fingerprint density at radius 1 is 1.20 bits per heavy atom. The Morgan fingerprint density at radius 3 is 2.72 bits per heavy atom. The second-order valence-corrected chi connectivity index (χ2v) is 7.91. The molecule has 0 spiro atoms. The predicted molar refractivity (Wildman–Crippen MR) is 91.5 cm³/mol. The van der Waals surface area contributed by atoms with Crippen molar-refractivity contribution in [3.8, 4) is 0 Å². The summed E-state index contributed by atoms with van der Waals surface area (Å²) < 4.78 is 0. The highest BCUT2D eigenvalue weighted by molar-refractivity contribution is 5.80. The molecule has 2 aliphatic carbocycles. The number of rotatable bonds is 4. The number of carbonyl (C=O) groups excluding carboxylic acids is 2. The van der Waals surface area contributed by atoms with Crippen molar-refractivity contribution < 1.29 is 9.59 Å². The lowest BCUT2D eigenvalue weighted by Gasteiger charge is -2.23. The summed E-state index contributed by atoms with van der Waals surface area (Å²) in [7, 11) is 0. The van der Waals surface area contributed by atoms with Crippen LogP contribution in [0.5, 0.6) is 0 Å². The highest BCUT2D eigenvalue weighted by Crippen LogP contribution is 2.38. The highest BCUT2D eigenvalue weighted by Gasteiger charge is 2.44. The fraction of sp³-hybridized carbons (Fsp3) is 0.778. The average molecular weight is 345 g/mol. The molecule has 3 fully saturated rings. The van der Waals surface area contributed by atoms with E-state index in [1.165, 1.54) is 12.8 Å². The molecule has 1 aromatic heterocycles. The monoisotopic (exact) mass is 345 g/mol. The van der Waals surface area contributed by atoms with Crippen molar-refractivity contribution >= 4 is 11.8 Å². The SMILES string of the molecule is Cc1nc(CC(=O)N2CC3CCC(NC(=O)C4CCCC4)C3C2)n[nH]1. The molecule has 2 N–H and O–H groups in total. The van der Waals surface area contributed by atoms with E-state index in [0.29, 0.717) is 17.7 Å². The molecule has 2 saturated carbocycles. The molecule has 3 atom stereocenters. The molecule has 1 saturated heterocycles. The van der Waals surface area contributed by atoms with Crippen LogP contribution in [0.15, 0.2) is 0 Å². The van der Waals surface area contributed by atoms with Crippen LogP contribution in [0.1, 0.15) is 50.2 Å². The lowest BCUT2D eigenvalue weighted by Crippen LogP contribution is -2.42.